The Bertz CT molecular complexity index is 534. The Kier molecular flexibility index (Phi) is 3.75. The fourth-order valence-electron chi connectivity index (χ4n) is 1.54. The van der Waals surface area contributed by atoms with E-state index in [1.807, 2.05) is 0 Å². The van der Waals surface area contributed by atoms with Crippen LogP contribution in [-0.2, 0) is 9.53 Å². The molecule has 7 heteroatoms. The number of rotatable bonds is 2. The Labute approximate surface area is 113 Å². The summed E-state index contributed by atoms with van der Waals surface area (Å²) in [5, 5.41) is 5.30. The molecule has 0 bridgehead atoms. The van der Waals surface area contributed by atoms with Crippen molar-refractivity contribution in [1.29, 1.82) is 0 Å². The van der Waals surface area contributed by atoms with E-state index < -0.39 is 18.1 Å². The third-order valence-corrected chi connectivity index (χ3v) is 3.00. The Morgan fingerprint density at radius 1 is 1.33 bits per heavy atom. The number of nitrogens with one attached hydrogen (secondary N) is 2. The van der Waals surface area contributed by atoms with Gasteiger partial charge in [0.15, 0.2) is 0 Å². The largest absolute Gasteiger partial charge is 0.344 e. The van der Waals surface area contributed by atoms with Gasteiger partial charge >= 0.3 is 0 Å². The molecule has 0 spiro atoms. The molecule has 0 fully saturated rings. The molecule has 1 aliphatic heterocycles. The molecule has 2 rings (SSSR count). The summed E-state index contributed by atoms with van der Waals surface area (Å²) >= 11 is 11.6. The lowest BCUT2D eigenvalue weighted by atomic mass is 10.1. The first-order valence-electron chi connectivity index (χ1n) is 4.98. The van der Waals surface area contributed by atoms with Crippen LogP contribution in [0.3, 0.4) is 0 Å². The van der Waals surface area contributed by atoms with E-state index in [1.165, 1.54) is 25.3 Å². The quantitative estimate of drug-likeness (QED) is 0.820. The van der Waals surface area contributed by atoms with Crippen LogP contribution < -0.4 is 10.6 Å². The minimum atomic E-state index is -0.690. The summed E-state index contributed by atoms with van der Waals surface area (Å²) in [6, 6.07) is 3.93. The predicted octanol–water partition coefficient (Wildman–Crippen LogP) is 2.04. The average Bonchev–Trinajstić information content (AvgIpc) is 2.32. The highest BCUT2D eigenvalue weighted by Crippen LogP contribution is 2.26. The van der Waals surface area contributed by atoms with Crippen LogP contribution in [0.1, 0.15) is 5.56 Å². The van der Waals surface area contributed by atoms with Crippen molar-refractivity contribution in [2.24, 2.45) is 0 Å². The molecule has 0 saturated heterocycles. The van der Waals surface area contributed by atoms with Gasteiger partial charge in [0.1, 0.15) is 11.0 Å². The number of amides is 1. The second-order valence-corrected chi connectivity index (χ2v) is 4.34. The van der Waals surface area contributed by atoms with Crippen molar-refractivity contribution in [1.82, 2.24) is 10.6 Å². The standard InChI is InChI=1S/C11H9Cl2FN2O2/c1-18-11-15-9(13)8(10(17)16-11)5-2-3-7(14)6(12)4-5/h2-4,11,15H,1H3,(H,16,17). The van der Waals surface area contributed by atoms with Gasteiger partial charge < -0.3 is 15.4 Å². The van der Waals surface area contributed by atoms with Crippen molar-refractivity contribution in [3.05, 3.63) is 39.8 Å². The van der Waals surface area contributed by atoms with Gasteiger partial charge in [-0.05, 0) is 17.7 Å². The van der Waals surface area contributed by atoms with Crippen molar-refractivity contribution >= 4 is 34.7 Å². The van der Waals surface area contributed by atoms with E-state index in [0.717, 1.165) is 0 Å². The number of halogens is 3. The molecule has 1 atom stereocenters. The summed E-state index contributed by atoms with van der Waals surface area (Å²) in [4.78, 5) is 11.9. The maximum Gasteiger partial charge on any atom is 0.258 e. The average molecular weight is 291 g/mol. The number of ether oxygens (including phenoxy) is 1. The van der Waals surface area contributed by atoms with E-state index in [2.05, 4.69) is 10.6 Å². The highest BCUT2D eigenvalue weighted by atomic mass is 35.5. The van der Waals surface area contributed by atoms with Crippen molar-refractivity contribution < 1.29 is 13.9 Å². The van der Waals surface area contributed by atoms with E-state index in [9.17, 15) is 9.18 Å². The molecule has 1 aromatic carbocycles. The molecule has 1 aliphatic rings. The maximum absolute atomic E-state index is 13.1. The molecular weight excluding hydrogens is 282 g/mol. The number of hydrogen-bond donors (Lipinski definition) is 2. The lowest BCUT2D eigenvalue weighted by molar-refractivity contribution is -0.120. The maximum atomic E-state index is 13.1. The zero-order valence-electron chi connectivity index (χ0n) is 9.26. The van der Waals surface area contributed by atoms with Crippen molar-refractivity contribution in [3.63, 3.8) is 0 Å². The normalized spacial score (nSPS) is 19.6. The van der Waals surface area contributed by atoms with Crippen LogP contribution in [0.15, 0.2) is 23.4 Å². The van der Waals surface area contributed by atoms with Crippen LogP contribution in [0.2, 0.25) is 5.02 Å². The van der Waals surface area contributed by atoms with Crippen molar-refractivity contribution in [2.45, 2.75) is 6.35 Å². The first-order valence-corrected chi connectivity index (χ1v) is 5.74. The Hall–Kier alpha value is -1.30. The molecule has 0 radical (unpaired) electrons. The summed E-state index contributed by atoms with van der Waals surface area (Å²) < 4.78 is 18.0. The van der Waals surface area contributed by atoms with E-state index in [-0.39, 0.29) is 15.8 Å². The summed E-state index contributed by atoms with van der Waals surface area (Å²) in [7, 11) is 1.42. The molecule has 96 valence electrons. The fourth-order valence-corrected chi connectivity index (χ4v) is 2.02. The SMILES string of the molecule is COC1NC(=O)C(c2ccc(F)c(Cl)c2)=C(Cl)N1. The molecule has 1 amide bonds. The van der Waals surface area contributed by atoms with Crippen LogP contribution >= 0.6 is 23.2 Å². The number of hydrogen-bond acceptors (Lipinski definition) is 3. The minimum Gasteiger partial charge on any atom is -0.344 e. The molecule has 2 N–H and O–H groups in total. The van der Waals surface area contributed by atoms with E-state index in [0.29, 0.717) is 5.56 Å². The van der Waals surface area contributed by atoms with Crippen molar-refractivity contribution in [3.8, 4) is 0 Å². The van der Waals surface area contributed by atoms with Gasteiger partial charge in [0, 0.05) is 7.11 Å². The highest BCUT2D eigenvalue weighted by Gasteiger charge is 2.26. The first-order chi connectivity index (χ1) is 8.52. The molecular formula is C11H9Cl2FN2O2. The van der Waals surface area contributed by atoms with Gasteiger partial charge in [-0.3, -0.25) is 4.79 Å². The van der Waals surface area contributed by atoms with Crippen LogP contribution in [-0.4, -0.2) is 19.4 Å². The molecule has 4 nitrogen and oxygen atoms in total. The highest BCUT2D eigenvalue weighted by molar-refractivity contribution is 6.39. The zero-order chi connectivity index (χ0) is 13.3. The molecule has 0 saturated carbocycles. The van der Waals surface area contributed by atoms with E-state index >= 15 is 0 Å². The minimum absolute atomic E-state index is 0.0777. The number of methoxy groups -OCH3 is 1. The lowest BCUT2D eigenvalue weighted by Gasteiger charge is -2.26. The lowest BCUT2D eigenvalue weighted by Crippen LogP contribution is -2.50. The number of carbonyl (C=O) groups is 1. The van der Waals surface area contributed by atoms with Gasteiger partial charge in [0.05, 0.1) is 10.6 Å². The van der Waals surface area contributed by atoms with Crippen LogP contribution in [0.25, 0.3) is 5.57 Å². The van der Waals surface area contributed by atoms with Gasteiger partial charge in [-0.2, -0.15) is 0 Å². The molecule has 0 aromatic heterocycles. The molecule has 1 aromatic rings. The smallest absolute Gasteiger partial charge is 0.258 e. The molecule has 0 aliphatic carbocycles. The van der Waals surface area contributed by atoms with Gasteiger partial charge in [-0.25, -0.2) is 4.39 Å². The molecule has 1 heterocycles. The van der Waals surface area contributed by atoms with Crippen LogP contribution in [0, 0.1) is 5.82 Å². The number of benzene rings is 1. The Morgan fingerprint density at radius 3 is 2.61 bits per heavy atom. The first kappa shape index (κ1) is 13.1. The van der Waals surface area contributed by atoms with Gasteiger partial charge in [0.25, 0.3) is 5.91 Å². The third kappa shape index (κ3) is 2.43. The Balaban J connectivity index is 2.42. The molecule has 18 heavy (non-hydrogen) atoms. The topological polar surface area (TPSA) is 50.4 Å². The van der Waals surface area contributed by atoms with Gasteiger partial charge in [0.2, 0.25) is 6.35 Å². The van der Waals surface area contributed by atoms with E-state index in [1.54, 1.807) is 0 Å². The summed E-state index contributed by atoms with van der Waals surface area (Å²) in [6.45, 7) is 0. The molecule has 1 unspecified atom stereocenters. The fraction of sp³-hybridized carbons (Fsp3) is 0.182. The van der Waals surface area contributed by atoms with Crippen LogP contribution in [0.4, 0.5) is 4.39 Å². The second-order valence-electron chi connectivity index (χ2n) is 3.55. The van der Waals surface area contributed by atoms with E-state index in [4.69, 9.17) is 27.9 Å². The summed E-state index contributed by atoms with van der Waals surface area (Å²) in [5.41, 5.74) is 0.609. The monoisotopic (exact) mass is 290 g/mol. The van der Waals surface area contributed by atoms with Crippen molar-refractivity contribution in [2.75, 3.05) is 7.11 Å². The summed E-state index contributed by atoms with van der Waals surface area (Å²) in [5.74, 6) is -0.982. The zero-order valence-corrected chi connectivity index (χ0v) is 10.8. The van der Waals surface area contributed by atoms with Crippen LogP contribution in [0.5, 0.6) is 0 Å². The second kappa shape index (κ2) is 5.14. The third-order valence-electron chi connectivity index (χ3n) is 2.41. The van der Waals surface area contributed by atoms with Gasteiger partial charge in [-0.15, -0.1) is 0 Å². The number of carbonyl (C=O) groups excluding carboxylic acids is 1. The predicted molar refractivity (Wildman–Crippen MR) is 66.3 cm³/mol. The summed E-state index contributed by atoms with van der Waals surface area (Å²) in [6.07, 6.45) is -0.690. The Morgan fingerprint density at radius 2 is 2.06 bits per heavy atom. The van der Waals surface area contributed by atoms with Gasteiger partial charge in [-0.1, -0.05) is 29.3 Å².